The van der Waals surface area contributed by atoms with Crippen LogP contribution in [0, 0.1) is 0 Å². The van der Waals surface area contributed by atoms with Gasteiger partial charge in [0.2, 0.25) is 0 Å². The molecule has 1 aliphatic rings. The number of thioether (sulfide) groups is 1. The molecule has 1 saturated heterocycles. The molecule has 6 heteroatoms. The maximum Gasteiger partial charge on any atom is 0.170 e. The average molecular weight is 300 g/mol. The van der Waals surface area contributed by atoms with Gasteiger partial charge in [0.25, 0.3) is 0 Å². The van der Waals surface area contributed by atoms with Crippen LogP contribution in [-0.2, 0) is 6.54 Å². The van der Waals surface area contributed by atoms with E-state index < -0.39 is 0 Å². The number of amidine groups is 1. The number of benzene rings is 1. The number of nitrogens with one attached hydrogen (secondary N) is 1. The van der Waals surface area contributed by atoms with Crippen LogP contribution < -0.4 is 11.1 Å². The first kappa shape index (κ1) is 14.5. The van der Waals surface area contributed by atoms with Gasteiger partial charge in [-0.2, -0.15) is 11.8 Å². The number of hydrogen-bond acceptors (Lipinski definition) is 4. The Morgan fingerprint density at radius 1 is 1.58 bits per heavy atom. The van der Waals surface area contributed by atoms with E-state index in [4.69, 9.17) is 22.5 Å². The molecule has 0 bridgehead atoms. The second-order valence-corrected chi connectivity index (χ2v) is 6.37. The minimum atomic E-state index is 0.0729. The van der Waals surface area contributed by atoms with Crippen molar-refractivity contribution in [2.75, 3.05) is 12.3 Å². The van der Waals surface area contributed by atoms with Gasteiger partial charge in [-0.1, -0.05) is 28.9 Å². The van der Waals surface area contributed by atoms with Gasteiger partial charge < -0.3 is 16.3 Å². The Bertz CT molecular complexity index is 461. The maximum atomic E-state index is 8.62. The van der Waals surface area contributed by atoms with Crippen molar-refractivity contribution in [3.8, 4) is 0 Å². The molecule has 1 aromatic rings. The molecule has 4 N–H and O–H groups in total. The molecule has 1 aromatic carbocycles. The smallest absolute Gasteiger partial charge is 0.170 e. The minimum absolute atomic E-state index is 0.0729. The standard InChI is InChI=1S/C13H18ClN3OS/c14-12-6-9(13(15)17-18)3-4-10(12)7-16-8-11-2-1-5-19-11/h3-4,6,11,16,18H,1-2,5,7-8H2,(H2,15,17). The van der Waals surface area contributed by atoms with Gasteiger partial charge >= 0.3 is 0 Å². The summed E-state index contributed by atoms with van der Waals surface area (Å²) >= 11 is 8.22. The third-order valence-electron chi connectivity index (χ3n) is 3.17. The molecule has 0 aromatic heterocycles. The van der Waals surface area contributed by atoms with Gasteiger partial charge in [-0.15, -0.1) is 0 Å². The van der Waals surface area contributed by atoms with E-state index in [2.05, 4.69) is 10.5 Å². The Morgan fingerprint density at radius 3 is 3.05 bits per heavy atom. The zero-order valence-electron chi connectivity index (χ0n) is 10.6. The summed E-state index contributed by atoms with van der Waals surface area (Å²) in [6, 6.07) is 5.44. The lowest BCUT2D eigenvalue weighted by molar-refractivity contribution is 0.318. The van der Waals surface area contributed by atoms with Crippen molar-refractivity contribution >= 4 is 29.2 Å². The molecule has 104 valence electrons. The molecule has 0 amide bonds. The summed E-state index contributed by atoms with van der Waals surface area (Å²) in [6.45, 7) is 1.76. The van der Waals surface area contributed by atoms with E-state index >= 15 is 0 Å². The highest BCUT2D eigenvalue weighted by Gasteiger charge is 2.14. The fourth-order valence-electron chi connectivity index (χ4n) is 2.08. The zero-order chi connectivity index (χ0) is 13.7. The Balaban J connectivity index is 1.89. The van der Waals surface area contributed by atoms with E-state index in [9.17, 15) is 0 Å². The van der Waals surface area contributed by atoms with Crippen LogP contribution in [-0.4, -0.2) is 28.6 Å². The van der Waals surface area contributed by atoms with Gasteiger partial charge in [0, 0.05) is 28.9 Å². The third kappa shape index (κ3) is 4.03. The molecule has 2 rings (SSSR count). The summed E-state index contributed by atoms with van der Waals surface area (Å²) in [4.78, 5) is 0. The second-order valence-electron chi connectivity index (χ2n) is 4.56. The lowest BCUT2D eigenvalue weighted by Crippen LogP contribution is -2.23. The van der Waals surface area contributed by atoms with Crippen LogP contribution in [0.2, 0.25) is 5.02 Å². The summed E-state index contributed by atoms with van der Waals surface area (Å²) in [5, 5.41) is 16.4. The molecule has 0 spiro atoms. The second kappa shape index (κ2) is 7.03. The van der Waals surface area contributed by atoms with Crippen LogP contribution in [0.3, 0.4) is 0 Å². The van der Waals surface area contributed by atoms with Crippen LogP contribution in [0.4, 0.5) is 0 Å². The molecule has 1 atom stereocenters. The number of oxime groups is 1. The molecule has 0 aliphatic carbocycles. The van der Waals surface area contributed by atoms with Gasteiger partial charge in [0.1, 0.15) is 0 Å². The lowest BCUT2D eigenvalue weighted by atomic mass is 10.1. The Kier molecular flexibility index (Phi) is 5.36. The van der Waals surface area contributed by atoms with E-state index in [0.29, 0.717) is 10.6 Å². The summed E-state index contributed by atoms with van der Waals surface area (Å²) in [7, 11) is 0. The fourth-order valence-corrected chi connectivity index (χ4v) is 3.56. The summed E-state index contributed by atoms with van der Waals surface area (Å²) in [5.74, 6) is 1.35. The lowest BCUT2D eigenvalue weighted by Gasteiger charge is -2.11. The molecule has 0 radical (unpaired) electrons. The largest absolute Gasteiger partial charge is 0.409 e. The molecular weight excluding hydrogens is 282 g/mol. The molecule has 1 fully saturated rings. The first-order chi connectivity index (χ1) is 9.20. The van der Waals surface area contributed by atoms with E-state index in [1.54, 1.807) is 6.07 Å². The van der Waals surface area contributed by atoms with Gasteiger partial charge in [-0.05, 0) is 30.2 Å². The zero-order valence-corrected chi connectivity index (χ0v) is 12.2. The van der Waals surface area contributed by atoms with E-state index in [0.717, 1.165) is 23.9 Å². The van der Waals surface area contributed by atoms with E-state index in [1.165, 1.54) is 18.6 Å². The molecular formula is C13H18ClN3OS. The Hall–Kier alpha value is -0.910. The predicted molar refractivity (Wildman–Crippen MR) is 81.1 cm³/mol. The van der Waals surface area contributed by atoms with Crippen LogP contribution in [0.1, 0.15) is 24.0 Å². The van der Waals surface area contributed by atoms with Crippen LogP contribution in [0.5, 0.6) is 0 Å². The topological polar surface area (TPSA) is 70.6 Å². The first-order valence-electron chi connectivity index (χ1n) is 6.29. The summed E-state index contributed by atoms with van der Waals surface area (Å²) in [5.41, 5.74) is 7.17. The van der Waals surface area contributed by atoms with E-state index in [-0.39, 0.29) is 5.84 Å². The number of hydrogen-bond donors (Lipinski definition) is 3. The molecule has 1 heterocycles. The van der Waals surface area contributed by atoms with Gasteiger partial charge in [-0.25, -0.2) is 0 Å². The molecule has 4 nitrogen and oxygen atoms in total. The maximum absolute atomic E-state index is 8.62. The van der Waals surface area contributed by atoms with Gasteiger partial charge in [0.15, 0.2) is 5.84 Å². The highest BCUT2D eigenvalue weighted by molar-refractivity contribution is 8.00. The van der Waals surface area contributed by atoms with Crippen molar-refractivity contribution in [1.82, 2.24) is 5.32 Å². The SMILES string of the molecule is N/C(=N/O)c1ccc(CNCC2CCCS2)c(Cl)c1. The highest BCUT2D eigenvalue weighted by atomic mass is 35.5. The number of rotatable bonds is 5. The van der Waals surface area contributed by atoms with Gasteiger partial charge in [0.05, 0.1) is 0 Å². The van der Waals surface area contributed by atoms with Crippen molar-refractivity contribution in [1.29, 1.82) is 0 Å². The van der Waals surface area contributed by atoms with Crippen LogP contribution >= 0.6 is 23.4 Å². The van der Waals surface area contributed by atoms with Gasteiger partial charge in [-0.3, -0.25) is 0 Å². The molecule has 0 saturated carbocycles. The third-order valence-corrected chi connectivity index (χ3v) is 4.92. The normalized spacial score (nSPS) is 19.8. The van der Waals surface area contributed by atoms with Crippen molar-refractivity contribution in [2.45, 2.75) is 24.6 Å². The monoisotopic (exact) mass is 299 g/mol. The van der Waals surface area contributed by atoms with Crippen molar-refractivity contribution in [3.63, 3.8) is 0 Å². The average Bonchev–Trinajstić information content (AvgIpc) is 2.93. The molecule has 1 unspecified atom stereocenters. The summed E-state index contributed by atoms with van der Waals surface area (Å²) in [6.07, 6.45) is 2.63. The van der Waals surface area contributed by atoms with Crippen molar-refractivity contribution < 1.29 is 5.21 Å². The number of nitrogens with zero attached hydrogens (tertiary/aromatic N) is 1. The van der Waals surface area contributed by atoms with E-state index in [1.807, 2.05) is 23.9 Å². The highest BCUT2D eigenvalue weighted by Crippen LogP contribution is 2.25. The minimum Gasteiger partial charge on any atom is -0.409 e. The Labute approximate surface area is 122 Å². The summed E-state index contributed by atoms with van der Waals surface area (Å²) < 4.78 is 0. The van der Waals surface area contributed by atoms with Crippen LogP contribution in [0.25, 0.3) is 0 Å². The van der Waals surface area contributed by atoms with Crippen molar-refractivity contribution in [2.24, 2.45) is 10.9 Å². The fraction of sp³-hybridized carbons (Fsp3) is 0.462. The number of nitrogens with two attached hydrogens (primary N) is 1. The molecule has 1 aliphatic heterocycles. The number of halogens is 1. The quantitative estimate of drug-likeness (QED) is 0.338. The van der Waals surface area contributed by atoms with Crippen molar-refractivity contribution in [3.05, 3.63) is 34.3 Å². The first-order valence-corrected chi connectivity index (χ1v) is 7.72. The molecule has 19 heavy (non-hydrogen) atoms. The Morgan fingerprint density at radius 2 is 2.42 bits per heavy atom. The predicted octanol–water partition coefficient (Wildman–Crippen LogP) is 2.42. The van der Waals surface area contributed by atoms with Crippen LogP contribution in [0.15, 0.2) is 23.4 Å².